The summed E-state index contributed by atoms with van der Waals surface area (Å²) in [7, 11) is 1.95. The van der Waals surface area contributed by atoms with E-state index < -0.39 is 5.69 Å². The summed E-state index contributed by atoms with van der Waals surface area (Å²) in [4.78, 5) is 0. The molecule has 0 heterocycles. The molecule has 0 unspecified atom stereocenters. The van der Waals surface area contributed by atoms with Crippen molar-refractivity contribution in [1.29, 1.82) is 0 Å². The van der Waals surface area contributed by atoms with Crippen LogP contribution in [0.3, 0.4) is 0 Å². The third-order valence-electron chi connectivity index (χ3n) is 2.80. The molecule has 2 rings (SSSR count). The normalized spacial score (nSPS) is 10.9. The van der Waals surface area contributed by atoms with E-state index in [0.717, 1.165) is 17.9 Å². The number of rotatable bonds is 5. The number of benzene rings is 2. The molecule has 0 spiro atoms. The molecule has 0 atom stereocenters. The van der Waals surface area contributed by atoms with Crippen molar-refractivity contribution < 1.29 is 9.47 Å². The summed E-state index contributed by atoms with van der Waals surface area (Å²) in [6.07, 6.45) is 0.761. The summed E-state index contributed by atoms with van der Waals surface area (Å²) in [6, 6.07) is 19.5. The molecule has 2 aromatic carbocycles. The quantitative estimate of drug-likeness (QED) is 0.591. The Bertz CT molecular complexity index is 429. The van der Waals surface area contributed by atoms with Crippen LogP contribution in [-0.4, -0.2) is 13.5 Å². The lowest BCUT2D eigenvalue weighted by Gasteiger charge is -2.31. The molecule has 0 radical (unpaired) electrons. The van der Waals surface area contributed by atoms with Crippen LogP contribution in [0.2, 0.25) is 0 Å². The van der Waals surface area contributed by atoms with Gasteiger partial charge < -0.3 is 9.47 Å². The highest BCUT2D eigenvalue weighted by Gasteiger charge is 2.26. The maximum absolute atomic E-state index is 5.93. The third kappa shape index (κ3) is 3.30. The first-order valence-electron chi connectivity index (χ1n) is 6.20. The molecule has 0 bridgehead atoms. The van der Waals surface area contributed by atoms with Crippen molar-refractivity contribution in [3.8, 4) is 11.5 Å². The third-order valence-corrected chi connectivity index (χ3v) is 2.80. The van der Waals surface area contributed by atoms with E-state index in [2.05, 4.69) is 0 Å². The Kier molecular flexibility index (Phi) is 3.93. The van der Waals surface area contributed by atoms with Gasteiger partial charge >= 0.3 is 0 Å². The lowest BCUT2D eigenvalue weighted by molar-refractivity contribution is -0.0408. The Morgan fingerprint density at radius 2 is 1.22 bits per heavy atom. The predicted octanol–water partition coefficient (Wildman–Crippen LogP) is 2.84. The molecule has 0 saturated carbocycles. The molecule has 0 N–H and O–H groups in total. The Morgan fingerprint density at radius 1 is 0.833 bits per heavy atom. The van der Waals surface area contributed by atoms with Crippen LogP contribution in [0.5, 0.6) is 11.5 Å². The minimum Gasteiger partial charge on any atom is -0.462 e. The molecular weight excluding hydrogens is 223 g/mol. The SMILES string of the molecule is BC(CC)(Oc1ccccc1)Oc1ccccc1. The van der Waals surface area contributed by atoms with Crippen molar-refractivity contribution in [2.45, 2.75) is 19.0 Å². The Labute approximate surface area is 109 Å². The number of hydrogen-bond donors (Lipinski definition) is 0. The van der Waals surface area contributed by atoms with Crippen LogP contribution in [0.25, 0.3) is 0 Å². The van der Waals surface area contributed by atoms with E-state index in [9.17, 15) is 0 Å². The fraction of sp³-hybridized carbons (Fsp3) is 0.200. The molecule has 18 heavy (non-hydrogen) atoms. The summed E-state index contributed by atoms with van der Waals surface area (Å²) in [6.45, 7) is 2.05. The zero-order valence-electron chi connectivity index (χ0n) is 10.8. The molecule has 0 fully saturated rings. The number of para-hydroxylation sites is 2. The monoisotopic (exact) mass is 240 g/mol. The maximum atomic E-state index is 5.93. The van der Waals surface area contributed by atoms with Gasteiger partial charge in [-0.1, -0.05) is 43.3 Å². The summed E-state index contributed by atoms with van der Waals surface area (Å²) < 4.78 is 11.9. The van der Waals surface area contributed by atoms with Gasteiger partial charge in [0.25, 0.3) is 0 Å². The molecule has 0 aliphatic carbocycles. The van der Waals surface area contributed by atoms with E-state index in [1.807, 2.05) is 75.4 Å². The van der Waals surface area contributed by atoms with Gasteiger partial charge in [0.1, 0.15) is 11.5 Å². The molecule has 3 heteroatoms. The van der Waals surface area contributed by atoms with Gasteiger partial charge in [-0.05, 0) is 24.3 Å². The number of hydrogen-bond acceptors (Lipinski definition) is 2. The fourth-order valence-corrected chi connectivity index (χ4v) is 1.64. The molecule has 2 aromatic rings. The Hall–Kier alpha value is -1.90. The molecule has 0 aromatic heterocycles. The van der Waals surface area contributed by atoms with E-state index in [4.69, 9.17) is 9.47 Å². The average molecular weight is 240 g/mol. The van der Waals surface area contributed by atoms with Crippen molar-refractivity contribution in [3.63, 3.8) is 0 Å². The minimum atomic E-state index is -0.650. The van der Waals surface area contributed by atoms with Gasteiger partial charge in [0.2, 0.25) is 13.5 Å². The van der Waals surface area contributed by atoms with E-state index in [1.54, 1.807) is 0 Å². The van der Waals surface area contributed by atoms with Crippen molar-refractivity contribution in [2.24, 2.45) is 0 Å². The van der Waals surface area contributed by atoms with Crippen LogP contribution in [0.4, 0.5) is 0 Å². The van der Waals surface area contributed by atoms with Crippen LogP contribution >= 0.6 is 0 Å². The topological polar surface area (TPSA) is 18.5 Å². The van der Waals surface area contributed by atoms with Gasteiger partial charge in [-0.3, -0.25) is 0 Å². The van der Waals surface area contributed by atoms with Gasteiger partial charge in [-0.15, -0.1) is 0 Å². The Balaban J connectivity index is 2.11. The molecule has 0 aliphatic heterocycles. The van der Waals surface area contributed by atoms with Crippen LogP contribution in [0.1, 0.15) is 13.3 Å². The molecule has 0 saturated heterocycles. The molecule has 2 nitrogen and oxygen atoms in total. The van der Waals surface area contributed by atoms with Crippen LogP contribution < -0.4 is 9.47 Å². The zero-order chi connectivity index (χ0) is 12.8. The van der Waals surface area contributed by atoms with E-state index in [0.29, 0.717) is 0 Å². The fourth-order valence-electron chi connectivity index (χ4n) is 1.64. The summed E-state index contributed by atoms with van der Waals surface area (Å²) >= 11 is 0. The summed E-state index contributed by atoms with van der Waals surface area (Å²) in [5.74, 6) is 1.63. The smallest absolute Gasteiger partial charge is 0.211 e. The largest absolute Gasteiger partial charge is 0.462 e. The standard InChI is InChI=1S/C15H17BO2/c1-2-15(16,17-13-9-5-3-6-10-13)18-14-11-7-4-8-12-14/h3-12H,2,16H2,1H3. The first-order valence-corrected chi connectivity index (χ1v) is 6.20. The van der Waals surface area contributed by atoms with Crippen molar-refractivity contribution in [1.82, 2.24) is 0 Å². The zero-order valence-corrected chi connectivity index (χ0v) is 10.8. The van der Waals surface area contributed by atoms with Gasteiger partial charge in [0.15, 0.2) is 0 Å². The number of ether oxygens (including phenoxy) is 2. The Morgan fingerprint density at radius 3 is 1.56 bits per heavy atom. The van der Waals surface area contributed by atoms with E-state index in [-0.39, 0.29) is 0 Å². The van der Waals surface area contributed by atoms with Crippen molar-refractivity contribution >= 4 is 7.85 Å². The second-order valence-electron chi connectivity index (χ2n) is 4.32. The van der Waals surface area contributed by atoms with Crippen molar-refractivity contribution in [2.75, 3.05) is 0 Å². The lowest BCUT2D eigenvalue weighted by Crippen LogP contribution is -2.42. The minimum absolute atomic E-state index is 0.650. The second kappa shape index (κ2) is 5.63. The molecular formula is C15H17BO2. The van der Waals surface area contributed by atoms with Gasteiger partial charge in [0.05, 0.1) is 0 Å². The first kappa shape index (κ1) is 12.6. The summed E-state index contributed by atoms with van der Waals surface area (Å²) in [5, 5.41) is 0. The summed E-state index contributed by atoms with van der Waals surface area (Å²) in [5.41, 5.74) is -0.650. The molecule has 0 amide bonds. The molecule has 92 valence electrons. The predicted molar refractivity (Wildman–Crippen MR) is 75.7 cm³/mol. The van der Waals surface area contributed by atoms with Crippen molar-refractivity contribution in [3.05, 3.63) is 60.7 Å². The van der Waals surface area contributed by atoms with Gasteiger partial charge in [-0.25, -0.2) is 0 Å². The molecule has 0 aliphatic rings. The highest BCUT2D eigenvalue weighted by atomic mass is 16.7. The van der Waals surface area contributed by atoms with Crippen LogP contribution in [0.15, 0.2) is 60.7 Å². The highest BCUT2D eigenvalue weighted by Crippen LogP contribution is 2.23. The second-order valence-corrected chi connectivity index (χ2v) is 4.32. The van der Waals surface area contributed by atoms with Gasteiger partial charge in [-0.2, -0.15) is 0 Å². The van der Waals surface area contributed by atoms with Crippen LogP contribution in [-0.2, 0) is 0 Å². The lowest BCUT2D eigenvalue weighted by atomic mass is 9.91. The first-order chi connectivity index (χ1) is 8.72. The highest BCUT2D eigenvalue weighted by molar-refractivity contribution is 6.13. The van der Waals surface area contributed by atoms with E-state index >= 15 is 0 Å². The average Bonchev–Trinajstić information content (AvgIpc) is 2.41. The van der Waals surface area contributed by atoms with Gasteiger partial charge in [0, 0.05) is 6.42 Å². The van der Waals surface area contributed by atoms with Crippen LogP contribution in [0, 0.1) is 0 Å². The maximum Gasteiger partial charge on any atom is 0.211 e. The van der Waals surface area contributed by atoms with E-state index in [1.165, 1.54) is 0 Å².